The minimum absolute atomic E-state index is 0.0473. The van der Waals surface area contributed by atoms with Crippen molar-refractivity contribution >= 4 is 16.0 Å². The van der Waals surface area contributed by atoms with Crippen molar-refractivity contribution in [2.45, 2.75) is 32.4 Å². The van der Waals surface area contributed by atoms with Crippen LogP contribution in [-0.4, -0.2) is 42.1 Å². The summed E-state index contributed by atoms with van der Waals surface area (Å²) in [7, 11) is -3.72. The monoisotopic (exact) mass is 274 g/mol. The van der Waals surface area contributed by atoms with E-state index in [1.54, 1.807) is 19.9 Å². The highest BCUT2D eigenvalue weighted by Crippen LogP contribution is 2.39. The number of hydrogen-bond acceptors (Lipinski definition) is 4. The van der Waals surface area contributed by atoms with Crippen LogP contribution in [0.2, 0.25) is 0 Å². The van der Waals surface area contributed by atoms with Crippen LogP contribution in [0, 0.1) is 22.7 Å². The summed E-state index contributed by atoms with van der Waals surface area (Å²) >= 11 is 0. The second-order valence-corrected chi connectivity index (χ2v) is 7.27. The maximum Gasteiger partial charge on any atom is 0.311 e. The third kappa shape index (κ3) is 2.22. The fourth-order valence-corrected chi connectivity index (χ4v) is 3.53. The van der Waals surface area contributed by atoms with Crippen LogP contribution in [0.15, 0.2) is 0 Å². The maximum absolute atomic E-state index is 12.0. The van der Waals surface area contributed by atoms with Gasteiger partial charge in [0.25, 0.3) is 0 Å². The predicted molar refractivity (Wildman–Crippen MR) is 65.1 cm³/mol. The number of carbonyl (C=O) groups is 1. The van der Waals surface area contributed by atoms with Crippen LogP contribution < -0.4 is 0 Å². The molecule has 1 saturated heterocycles. The van der Waals surface area contributed by atoms with Gasteiger partial charge in [0.2, 0.25) is 10.0 Å². The molecule has 1 N–H and O–H groups in total. The molecule has 0 aromatic heterocycles. The van der Waals surface area contributed by atoms with E-state index in [1.807, 2.05) is 0 Å². The number of sulfonamides is 1. The Kier molecular flexibility index (Phi) is 4.03. The second kappa shape index (κ2) is 4.86. The lowest BCUT2D eigenvalue weighted by Gasteiger charge is -2.28. The minimum atomic E-state index is -3.72. The average Bonchev–Trinajstić information content (AvgIpc) is 2.74. The zero-order valence-corrected chi connectivity index (χ0v) is 11.6. The normalized spacial score (nSPS) is 27.1. The Balaban J connectivity index is 3.03. The lowest BCUT2D eigenvalue weighted by atomic mass is 9.77. The summed E-state index contributed by atoms with van der Waals surface area (Å²) in [5, 5.41) is 16.9. The molecule has 102 valence electrons. The van der Waals surface area contributed by atoms with E-state index in [-0.39, 0.29) is 25.4 Å². The van der Waals surface area contributed by atoms with E-state index in [1.165, 1.54) is 6.92 Å². The van der Waals surface area contributed by atoms with E-state index < -0.39 is 26.7 Å². The molecule has 1 aliphatic heterocycles. The summed E-state index contributed by atoms with van der Waals surface area (Å²) in [4.78, 5) is 11.4. The third-order valence-corrected chi connectivity index (χ3v) is 5.82. The topological polar surface area (TPSA) is 98.5 Å². The van der Waals surface area contributed by atoms with E-state index in [0.29, 0.717) is 0 Å². The molecule has 0 bridgehead atoms. The SMILES string of the molecule is CC(C)C1(C(=O)O)CCN(S(=O)(=O)C(C)C#N)C1. The fourth-order valence-electron chi connectivity index (χ4n) is 2.20. The summed E-state index contributed by atoms with van der Waals surface area (Å²) in [6.45, 7) is 4.98. The number of rotatable bonds is 4. The van der Waals surface area contributed by atoms with Gasteiger partial charge in [-0.2, -0.15) is 9.57 Å². The van der Waals surface area contributed by atoms with Crippen molar-refractivity contribution in [3.05, 3.63) is 0 Å². The zero-order chi connectivity index (χ0) is 14.1. The Hall–Kier alpha value is -1.13. The molecule has 0 aromatic rings. The molecule has 18 heavy (non-hydrogen) atoms. The van der Waals surface area contributed by atoms with Gasteiger partial charge in [-0.1, -0.05) is 13.8 Å². The smallest absolute Gasteiger partial charge is 0.311 e. The molecule has 0 aromatic carbocycles. The van der Waals surface area contributed by atoms with Crippen LogP contribution in [0.25, 0.3) is 0 Å². The Morgan fingerprint density at radius 1 is 1.44 bits per heavy atom. The summed E-state index contributed by atoms with van der Waals surface area (Å²) in [5.41, 5.74) is -1.04. The standard InChI is InChI=1S/C11H18N2O4S/c1-8(2)11(10(14)15)4-5-13(7-11)18(16,17)9(3)6-12/h8-9H,4-5,7H2,1-3H3,(H,14,15). The minimum Gasteiger partial charge on any atom is -0.481 e. The molecule has 2 unspecified atom stereocenters. The van der Waals surface area contributed by atoms with Gasteiger partial charge in [0, 0.05) is 13.1 Å². The largest absolute Gasteiger partial charge is 0.481 e. The fraction of sp³-hybridized carbons (Fsp3) is 0.818. The summed E-state index contributed by atoms with van der Waals surface area (Å²) in [6, 6.07) is 1.69. The highest BCUT2D eigenvalue weighted by atomic mass is 32.2. The molecule has 1 fully saturated rings. The molecule has 2 atom stereocenters. The summed E-state index contributed by atoms with van der Waals surface area (Å²) in [5.74, 6) is -1.13. The molecule has 6 nitrogen and oxygen atoms in total. The molecule has 7 heteroatoms. The first-order valence-electron chi connectivity index (χ1n) is 5.80. The Bertz CT molecular complexity index is 480. The quantitative estimate of drug-likeness (QED) is 0.812. The Labute approximate surface area is 107 Å². The van der Waals surface area contributed by atoms with Gasteiger partial charge in [-0.05, 0) is 19.3 Å². The van der Waals surface area contributed by atoms with E-state index in [9.17, 15) is 18.3 Å². The van der Waals surface area contributed by atoms with Crippen molar-refractivity contribution in [2.75, 3.05) is 13.1 Å². The van der Waals surface area contributed by atoms with E-state index in [2.05, 4.69) is 0 Å². The van der Waals surface area contributed by atoms with Crippen molar-refractivity contribution in [2.24, 2.45) is 11.3 Å². The number of nitriles is 1. The molecule has 0 saturated carbocycles. The first-order valence-corrected chi connectivity index (χ1v) is 7.31. The molecule has 1 rings (SSSR count). The van der Waals surface area contributed by atoms with Crippen LogP contribution in [0.3, 0.4) is 0 Å². The maximum atomic E-state index is 12.0. The first kappa shape index (κ1) is 14.9. The highest BCUT2D eigenvalue weighted by molar-refractivity contribution is 7.90. The van der Waals surface area contributed by atoms with Crippen LogP contribution in [0.5, 0.6) is 0 Å². The van der Waals surface area contributed by atoms with Crippen molar-refractivity contribution in [3.8, 4) is 6.07 Å². The molecule has 1 aliphatic rings. The number of carboxylic acids is 1. The summed E-state index contributed by atoms with van der Waals surface area (Å²) in [6.07, 6.45) is 0.289. The van der Waals surface area contributed by atoms with E-state index >= 15 is 0 Å². The third-order valence-electron chi connectivity index (χ3n) is 3.79. The first-order chi connectivity index (χ1) is 8.18. The lowest BCUT2D eigenvalue weighted by molar-refractivity contribution is -0.150. The van der Waals surface area contributed by atoms with Crippen molar-refractivity contribution in [1.29, 1.82) is 5.26 Å². The van der Waals surface area contributed by atoms with Gasteiger partial charge < -0.3 is 5.11 Å². The molecule has 0 spiro atoms. The molecule has 0 amide bonds. The van der Waals surface area contributed by atoms with E-state index in [0.717, 1.165) is 4.31 Å². The predicted octanol–water partition coefficient (Wildman–Crippen LogP) is 0.661. The molecule has 0 aliphatic carbocycles. The van der Waals surface area contributed by atoms with Crippen molar-refractivity contribution in [3.63, 3.8) is 0 Å². The van der Waals surface area contributed by atoms with Gasteiger partial charge in [0.15, 0.2) is 5.25 Å². The van der Waals surface area contributed by atoms with E-state index in [4.69, 9.17) is 5.26 Å². The Morgan fingerprint density at radius 3 is 2.33 bits per heavy atom. The van der Waals surface area contributed by atoms with Gasteiger partial charge in [-0.25, -0.2) is 8.42 Å². The second-order valence-electron chi connectivity index (χ2n) is 5.02. The molecule has 0 radical (unpaired) electrons. The van der Waals surface area contributed by atoms with Crippen LogP contribution in [-0.2, 0) is 14.8 Å². The number of aliphatic carboxylic acids is 1. The number of nitrogens with zero attached hydrogens (tertiary/aromatic N) is 2. The van der Waals surface area contributed by atoms with Crippen LogP contribution in [0.1, 0.15) is 27.2 Å². The molecule has 1 heterocycles. The van der Waals surface area contributed by atoms with Gasteiger partial charge in [0.05, 0.1) is 11.5 Å². The average molecular weight is 274 g/mol. The molecular weight excluding hydrogens is 256 g/mol. The van der Waals surface area contributed by atoms with Gasteiger partial charge in [-0.3, -0.25) is 4.79 Å². The van der Waals surface area contributed by atoms with Crippen molar-refractivity contribution < 1.29 is 18.3 Å². The van der Waals surface area contributed by atoms with Crippen LogP contribution >= 0.6 is 0 Å². The zero-order valence-electron chi connectivity index (χ0n) is 10.8. The molecular formula is C11H18N2O4S. The Morgan fingerprint density at radius 2 is 2.00 bits per heavy atom. The van der Waals surface area contributed by atoms with Gasteiger partial charge >= 0.3 is 5.97 Å². The van der Waals surface area contributed by atoms with Gasteiger partial charge in [-0.15, -0.1) is 0 Å². The lowest BCUT2D eigenvalue weighted by Crippen LogP contribution is -2.42. The van der Waals surface area contributed by atoms with Gasteiger partial charge in [0.1, 0.15) is 0 Å². The summed E-state index contributed by atoms with van der Waals surface area (Å²) < 4.78 is 25.1. The number of hydrogen-bond donors (Lipinski definition) is 1. The van der Waals surface area contributed by atoms with Crippen molar-refractivity contribution in [1.82, 2.24) is 4.31 Å². The number of carboxylic acid groups (broad SMARTS) is 1. The highest BCUT2D eigenvalue weighted by Gasteiger charge is 2.50. The van der Waals surface area contributed by atoms with Crippen LogP contribution in [0.4, 0.5) is 0 Å².